The van der Waals surface area contributed by atoms with E-state index in [4.69, 9.17) is 4.74 Å². The van der Waals surface area contributed by atoms with Crippen LogP contribution in [0, 0.1) is 0 Å². The molecule has 2 N–H and O–H groups in total. The van der Waals surface area contributed by atoms with Gasteiger partial charge < -0.3 is 15.4 Å². The highest BCUT2D eigenvalue weighted by molar-refractivity contribution is 5.98. The van der Waals surface area contributed by atoms with Crippen LogP contribution in [0.1, 0.15) is 26.2 Å². The number of benzene rings is 1. The molecule has 1 heterocycles. The van der Waals surface area contributed by atoms with Gasteiger partial charge in [-0.3, -0.25) is 4.79 Å². The normalized spacial score (nSPS) is 21.6. The number of halogens is 1. The molecule has 1 amide bonds. The first-order valence-corrected chi connectivity index (χ1v) is 6.41. The zero-order valence-corrected chi connectivity index (χ0v) is 12.2. The van der Waals surface area contributed by atoms with Crippen LogP contribution in [0.5, 0.6) is 5.75 Å². The molecule has 19 heavy (non-hydrogen) atoms. The van der Waals surface area contributed by atoms with E-state index in [1.807, 2.05) is 31.2 Å². The fourth-order valence-corrected chi connectivity index (χ4v) is 2.39. The van der Waals surface area contributed by atoms with E-state index < -0.39 is 0 Å². The number of rotatable bonds is 4. The van der Waals surface area contributed by atoms with Crippen molar-refractivity contribution in [1.82, 2.24) is 5.32 Å². The van der Waals surface area contributed by atoms with Crippen LogP contribution in [0.15, 0.2) is 24.3 Å². The van der Waals surface area contributed by atoms with E-state index in [9.17, 15) is 4.79 Å². The van der Waals surface area contributed by atoms with Gasteiger partial charge in [0, 0.05) is 5.69 Å². The number of carbonyl (C=O) groups is 1. The van der Waals surface area contributed by atoms with E-state index in [2.05, 4.69) is 10.6 Å². The zero-order chi connectivity index (χ0) is 13.0. The molecule has 1 aromatic rings. The molecule has 0 bridgehead atoms. The van der Waals surface area contributed by atoms with E-state index in [1.165, 1.54) is 0 Å². The molecule has 0 radical (unpaired) electrons. The predicted octanol–water partition coefficient (Wildman–Crippen LogP) is 2.59. The van der Waals surface area contributed by atoms with Gasteiger partial charge in [0.1, 0.15) is 5.75 Å². The number of methoxy groups -OCH3 is 1. The number of hydrogen-bond donors (Lipinski definition) is 2. The minimum absolute atomic E-state index is 0. The highest BCUT2D eigenvalue weighted by Gasteiger charge is 2.38. The molecule has 0 aromatic heterocycles. The van der Waals surface area contributed by atoms with Crippen LogP contribution in [0.25, 0.3) is 0 Å². The molecule has 4 nitrogen and oxygen atoms in total. The third-order valence-electron chi connectivity index (χ3n) is 3.63. The third kappa shape index (κ3) is 3.39. The van der Waals surface area contributed by atoms with E-state index in [0.29, 0.717) is 0 Å². The molecule has 5 heteroatoms. The maximum atomic E-state index is 12.3. The highest BCUT2D eigenvalue weighted by Crippen LogP contribution is 2.25. The summed E-state index contributed by atoms with van der Waals surface area (Å²) < 4.78 is 5.09. The van der Waals surface area contributed by atoms with Crippen molar-refractivity contribution in [2.45, 2.75) is 31.7 Å². The molecule has 0 spiro atoms. The Hall–Kier alpha value is -1.26. The Balaban J connectivity index is 0.00000180. The van der Waals surface area contributed by atoms with E-state index >= 15 is 0 Å². The lowest BCUT2D eigenvalue weighted by atomic mass is 9.93. The number of hydrogen-bond acceptors (Lipinski definition) is 3. The lowest BCUT2D eigenvalue weighted by Gasteiger charge is -2.26. The minimum atomic E-state index is -0.389. The lowest BCUT2D eigenvalue weighted by Crippen LogP contribution is -2.50. The Kier molecular flexibility index (Phi) is 5.63. The van der Waals surface area contributed by atoms with Gasteiger partial charge in [0.25, 0.3) is 0 Å². The lowest BCUT2D eigenvalue weighted by molar-refractivity contribution is -0.122. The number of amides is 1. The Morgan fingerprint density at radius 3 is 2.58 bits per heavy atom. The van der Waals surface area contributed by atoms with Crippen LogP contribution in [0.4, 0.5) is 5.69 Å². The van der Waals surface area contributed by atoms with Gasteiger partial charge in [0.15, 0.2) is 0 Å². The molecular formula is C14H21ClN2O2. The van der Waals surface area contributed by atoms with E-state index in [0.717, 1.165) is 37.2 Å². The largest absolute Gasteiger partial charge is 0.497 e. The summed E-state index contributed by atoms with van der Waals surface area (Å²) in [5, 5.41) is 6.30. The van der Waals surface area contributed by atoms with Crippen LogP contribution in [-0.2, 0) is 4.79 Å². The molecule has 1 aliphatic rings. The summed E-state index contributed by atoms with van der Waals surface area (Å²) in [5.74, 6) is 0.852. The SMILES string of the molecule is CCC1(C(=O)Nc2ccc(OC)cc2)CCCN1.Cl. The van der Waals surface area contributed by atoms with Crippen molar-refractivity contribution in [2.75, 3.05) is 19.0 Å². The standard InChI is InChI=1S/C14H20N2O2.ClH/c1-3-14(9-4-10-15-14)13(17)16-11-5-7-12(18-2)8-6-11;/h5-8,15H,3-4,9-10H2,1-2H3,(H,16,17);1H. The number of carbonyl (C=O) groups excluding carboxylic acids is 1. The second kappa shape index (κ2) is 6.78. The molecule has 2 rings (SSSR count). The first-order valence-electron chi connectivity index (χ1n) is 6.41. The summed E-state index contributed by atoms with van der Waals surface area (Å²) >= 11 is 0. The molecule has 106 valence electrons. The Morgan fingerprint density at radius 2 is 2.11 bits per heavy atom. The topological polar surface area (TPSA) is 50.4 Å². The highest BCUT2D eigenvalue weighted by atomic mass is 35.5. The summed E-state index contributed by atoms with van der Waals surface area (Å²) in [6, 6.07) is 7.40. The second-order valence-electron chi connectivity index (χ2n) is 4.65. The first-order chi connectivity index (χ1) is 8.70. The number of ether oxygens (including phenoxy) is 1. The van der Waals surface area contributed by atoms with Gasteiger partial charge in [-0.1, -0.05) is 6.92 Å². The molecule has 1 saturated heterocycles. The van der Waals surface area contributed by atoms with Crippen molar-refractivity contribution < 1.29 is 9.53 Å². The van der Waals surface area contributed by atoms with Gasteiger partial charge in [0.05, 0.1) is 12.6 Å². The second-order valence-corrected chi connectivity index (χ2v) is 4.65. The van der Waals surface area contributed by atoms with Crippen LogP contribution in [-0.4, -0.2) is 25.1 Å². The van der Waals surface area contributed by atoms with Gasteiger partial charge in [-0.2, -0.15) is 0 Å². The van der Waals surface area contributed by atoms with Crippen LogP contribution in [0.2, 0.25) is 0 Å². The molecule has 1 aromatic carbocycles. The Bertz CT molecular complexity index is 414. The van der Waals surface area contributed by atoms with Crippen LogP contribution < -0.4 is 15.4 Å². The zero-order valence-electron chi connectivity index (χ0n) is 11.4. The Morgan fingerprint density at radius 1 is 1.42 bits per heavy atom. The monoisotopic (exact) mass is 284 g/mol. The van der Waals surface area contributed by atoms with E-state index in [-0.39, 0.29) is 23.9 Å². The summed E-state index contributed by atoms with van der Waals surface area (Å²) in [5.41, 5.74) is 0.419. The average Bonchev–Trinajstić information content (AvgIpc) is 2.89. The van der Waals surface area contributed by atoms with Gasteiger partial charge in [-0.25, -0.2) is 0 Å². The fourth-order valence-electron chi connectivity index (χ4n) is 2.39. The maximum Gasteiger partial charge on any atom is 0.244 e. The van der Waals surface area contributed by atoms with Gasteiger partial charge in [-0.15, -0.1) is 12.4 Å². The predicted molar refractivity (Wildman–Crippen MR) is 79.1 cm³/mol. The molecule has 1 aliphatic heterocycles. The molecule has 1 fully saturated rings. The molecular weight excluding hydrogens is 264 g/mol. The number of nitrogens with one attached hydrogen (secondary N) is 2. The first kappa shape index (κ1) is 15.8. The van der Waals surface area contributed by atoms with Gasteiger partial charge >= 0.3 is 0 Å². The maximum absolute atomic E-state index is 12.3. The van der Waals surface area contributed by atoms with Crippen molar-refractivity contribution in [2.24, 2.45) is 0 Å². The van der Waals surface area contributed by atoms with Gasteiger partial charge in [0.2, 0.25) is 5.91 Å². The van der Waals surface area contributed by atoms with Crippen molar-refractivity contribution in [3.8, 4) is 5.75 Å². The van der Waals surface area contributed by atoms with Gasteiger partial charge in [-0.05, 0) is 50.1 Å². The summed E-state index contributed by atoms with van der Waals surface area (Å²) in [4.78, 5) is 12.3. The smallest absolute Gasteiger partial charge is 0.244 e. The van der Waals surface area contributed by atoms with Crippen molar-refractivity contribution in [3.05, 3.63) is 24.3 Å². The van der Waals surface area contributed by atoms with Crippen LogP contribution in [0.3, 0.4) is 0 Å². The quantitative estimate of drug-likeness (QED) is 0.893. The van der Waals surface area contributed by atoms with Crippen LogP contribution >= 0.6 is 12.4 Å². The minimum Gasteiger partial charge on any atom is -0.497 e. The molecule has 1 atom stereocenters. The molecule has 1 unspecified atom stereocenters. The van der Waals surface area contributed by atoms with E-state index in [1.54, 1.807) is 7.11 Å². The van der Waals surface area contributed by atoms with Crippen molar-refractivity contribution in [1.29, 1.82) is 0 Å². The third-order valence-corrected chi connectivity index (χ3v) is 3.63. The molecule has 0 saturated carbocycles. The summed E-state index contributed by atoms with van der Waals surface area (Å²) in [6.07, 6.45) is 2.78. The summed E-state index contributed by atoms with van der Waals surface area (Å²) in [7, 11) is 1.63. The summed E-state index contributed by atoms with van der Waals surface area (Å²) in [6.45, 7) is 2.97. The number of anilines is 1. The average molecular weight is 285 g/mol. The van der Waals surface area contributed by atoms with Crippen molar-refractivity contribution >= 4 is 24.0 Å². The molecule has 0 aliphatic carbocycles. The Labute approximate surface area is 120 Å². The van der Waals surface area contributed by atoms with Crippen molar-refractivity contribution in [3.63, 3.8) is 0 Å². The fraction of sp³-hybridized carbons (Fsp3) is 0.500.